The number of epoxide rings is 1. The summed E-state index contributed by atoms with van der Waals surface area (Å²) in [4.78, 5) is 9.31. The van der Waals surface area contributed by atoms with Crippen LogP contribution in [0.15, 0.2) is 12.8 Å². The van der Waals surface area contributed by atoms with Gasteiger partial charge in [0.1, 0.15) is 0 Å². The van der Waals surface area contributed by atoms with Gasteiger partial charge < -0.3 is 14.6 Å². The summed E-state index contributed by atoms with van der Waals surface area (Å²) in [6.45, 7) is 5.00. The largest absolute Gasteiger partial charge is 0.510 e. The van der Waals surface area contributed by atoms with E-state index in [0.29, 0.717) is 0 Å². The first-order valence-corrected chi connectivity index (χ1v) is 2.35. The summed E-state index contributed by atoms with van der Waals surface area (Å²) < 4.78 is 8.22. The van der Waals surface area contributed by atoms with Crippen molar-refractivity contribution in [2.45, 2.75) is 0 Å². The van der Waals surface area contributed by atoms with Gasteiger partial charge in [0.2, 0.25) is 0 Å². The van der Waals surface area contributed by atoms with E-state index in [4.69, 9.17) is 5.11 Å². The van der Waals surface area contributed by atoms with Crippen molar-refractivity contribution in [3.63, 3.8) is 0 Å². The van der Waals surface area contributed by atoms with E-state index in [2.05, 4.69) is 16.1 Å². The number of rotatable bonds is 1. The lowest BCUT2D eigenvalue weighted by atomic mass is 11.0. The van der Waals surface area contributed by atoms with Crippen molar-refractivity contribution >= 4 is 6.16 Å². The van der Waals surface area contributed by atoms with E-state index in [0.717, 1.165) is 19.5 Å². The number of carboxylic acid groups (broad SMARTS) is 1. The van der Waals surface area contributed by atoms with Gasteiger partial charge in [0.05, 0.1) is 19.5 Å². The lowest BCUT2D eigenvalue weighted by Gasteiger charge is -1.81. The molecule has 1 fully saturated rings. The zero-order valence-electron chi connectivity index (χ0n) is 4.87. The number of hydrogen-bond acceptors (Lipinski definition) is 3. The van der Waals surface area contributed by atoms with Gasteiger partial charge in [-0.15, -0.1) is 0 Å². The average Bonchev–Trinajstić information content (AvgIpc) is 2.45. The molecule has 0 aromatic carbocycles. The fourth-order valence-electron chi connectivity index (χ4n) is 0.0713. The molecule has 1 saturated heterocycles. The van der Waals surface area contributed by atoms with Crippen molar-refractivity contribution in [1.29, 1.82) is 0 Å². The highest BCUT2D eigenvalue weighted by atomic mass is 16.7. The van der Waals surface area contributed by atoms with Crippen LogP contribution in [0.1, 0.15) is 0 Å². The first kappa shape index (κ1) is 7.97. The van der Waals surface area contributed by atoms with E-state index in [1.807, 2.05) is 0 Å². The Morgan fingerprint density at radius 3 is 2.22 bits per heavy atom. The monoisotopic (exact) mass is 132 g/mol. The molecule has 4 nitrogen and oxygen atoms in total. The van der Waals surface area contributed by atoms with Crippen LogP contribution >= 0.6 is 0 Å². The molecule has 9 heavy (non-hydrogen) atoms. The van der Waals surface area contributed by atoms with Crippen LogP contribution in [0.25, 0.3) is 0 Å². The zero-order valence-corrected chi connectivity index (χ0v) is 4.87. The molecule has 0 radical (unpaired) electrons. The van der Waals surface area contributed by atoms with Crippen LogP contribution in [0.4, 0.5) is 4.79 Å². The molecule has 0 aromatic heterocycles. The van der Waals surface area contributed by atoms with Gasteiger partial charge in [-0.25, -0.2) is 4.79 Å². The molecule has 1 aliphatic heterocycles. The van der Waals surface area contributed by atoms with Crippen LogP contribution in [0, 0.1) is 0 Å². The summed E-state index contributed by atoms with van der Waals surface area (Å²) in [5, 5.41) is 7.62. The highest BCUT2D eigenvalue weighted by Gasteiger charge is 1.94. The number of hydrogen-bond donors (Lipinski definition) is 1. The minimum atomic E-state index is -1.33. The van der Waals surface area contributed by atoms with Crippen molar-refractivity contribution in [2.75, 3.05) is 13.2 Å². The maximum Gasteiger partial charge on any atom is 0.510 e. The molecule has 1 heterocycles. The molecule has 1 aliphatic rings. The van der Waals surface area contributed by atoms with E-state index in [1.54, 1.807) is 0 Å². The van der Waals surface area contributed by atoms with Crippen molar-refractivity contribution in [3.8, 4) is 0 Å². The van der Waals surface area contributed by atoms with Gasteiger partial charge in [-0.05, 0) is 0 Å². The Balaban J connectivity index is 0.000000173. The second-order valence-electron chi connectivity index (χ2n) is 1.16. The predicted octanol–water partition coefficient (Wildman–Crippen LogP) is 0.841. The summed E-state index contributed by atoms with van der Waals surface area (Å²) >= 11 is 0. The van der Waals surface area contributed by atoms with Crippen molar-refractivity contribution in [1.82, 2.24) is 0 Å². The molecule has 0 atom stereocenters. The highest BCUT2D eigenvalue weighted by molar-refractivity contribution is 5.57. The lowest BCUT2D eigenvalue weighted by molar-refractivity contribution is 0.128. The maximum atomic E-state index is 9.31. The van der Waals surface area contributed by atoms with Gasteiger partial charge in [0, 0.05) is 0 Å². The van der Waals surface area contributed by atoms with Crippen LogP contribution in [0.2, 0.25) is 0 Å². The minimum Gasteiger partial charge on any atom is -0.449 e. The Kier molecular flexibility index (Phi) is 4.53. The van der Waals surface area contributed by atoms with E-state index >= 15 is 0 Å². The van der Waals surface area contributed by atoms with Gasteiger partial charge in [-0.2, -0.15) is 0 Å². The van der Waals surface area contributed by atoms with Crippen molar-refractivity contribution in [3.05, 3.63) is 12.8 Å². The molecular formula is C5H8O4. The molecule has 1 N–H and O–H groups in total. The van der Waals surface area contributed by atoms with Crippen LogP contribution < -0.4 is 0 Å². The van der Waals surface area contributed by atoms with Gasteiger partial charge in [-0.1, -0.05) is 6.58 Å². The molecular weight excluding hydrogens is 124 g/mol. The fraction of sp³-hybridized carbons (Fsp3) is 0.400. The van der Waals surface area contributed by atoms with Crippen LogP contribution in [0.3, 0.4) is 0 Å². The second-order valence-corrected chi connectivity index (χ2v) is 1.16. The smallest absolute Gasteiger partial charge is 0.449 e. The third-order valence-electron chi connectivity index (χ3n) is 0.388. The van der Waals surface area contributed by atoms with Crippen molar-refractivity contribution < 1.29 is 19.4 Å². The van der Waals surface area contributed by atoms with Crippen LogP contribution in [0.5, 0.6) is 0 Å². The van der Waals surface area contributed by atoms with Gasteiger partial charge in [-0.3, -0.25) is 0 Å². The van der Waals surface area contributed by atoms with Crippen LogP contribution in [-0.4, -0.2) is 24.5 Å². The molecule has 0 unspecified atom stereocenters. The molecule has 0 bridgehead atoms. The number of carbonyl (C=O) groups is 1. The third kappa shape index (κ3) is 19.5. The molecule has 0 spiro atoms. The zero-order chi connectivity index (χ0) is 7.11. The lowest BCUT2D eigenvalue weighted by Crippen LogP contribution is -1.89. The second kappa shape index (κ2) is 5.11. The Bertz CT molecular complexity index is 94.4. The third-order valence-corrected chi connectivity index (χ3v) is 0.388. The normalized spacial score (nSPS) is 12.4. The summed E-state index contributed by atoms with van der Waals surface area (Å²) in [7, 11) is 0. The average molecular weight is 132 g/mol. The topological polar surface area (TPSA) is 59.1 Å². The molecule has 0 aromatic rings. The van der Waals surface area contributed by atoms with E-state index in [1.165, 1.54) is 0 Å². The van der Waals surface area contributed by atoms with E-state index < -0.39 is 6.16 Å². The summed E-state index contributed by atoms with van der Waals surface area (Å²) in [6.07, 6.45) is -0.479. The molecule has 0 amide bonds. The number of ether oxygens (including phenoxy) is 2. The first-order chi connectivity index (χ1) is 4.27. The predicted molar refractivity (Wildman–Crippen MR) is 30.1 cm³/mol. The standard InChI is InChI=1S/C3H4O3.C2H4O/c1-2-6-3(4)5;1-2-3-1/h2H,1H2,(H,4,5);1-2H2. The quantitative estimate of drug-likeness (QED) is 0.326. The Morgan fingerprint density at radius 2 is 2.22 bits per heavy atom. The van der Waals surface area contributed by atoms with Gasteiger partial charge in [0.15, 0.2) is 0 Å². The summed E-state index contributed by atoms with van der Waals surface area (Å²) in [5.41, 5.74) is 0. The maximum absolute atomic E-state index is 9.31. The fourth-order valence-corrected chi connectivity index (χ4v) is 0.0713. The Morgan fingerprint density at radius 1 is 1.78 bits per heavy atom. The Labute approximate surface area is 52.7 Å². The first-order valence-electron chi connectivity index (χ1n) is 2.35. The van der Waals surface area contributed by atoms with Gasteiger partial charge >= 0.3 is 6.16 Å². The highest BCUT2D eigenvalue weighted by Crippen LogP contribution is 1.84. The van der Waals surface area contributed by atoms with Gasteiger partial charge in [0.25, 0.3) is 0 Å². The molecule has 0 aliphatic carbocycles. The summed E-state index contributed by atoms with van der Waals surface area (Å²) in [5.74, 6) is 0. The molecule has 0 saturated carbocycles. The van der Waals surface area contributed by atoms with E-state index in [9.17, 15) is 4.79 Å². The molecule has 52 valence electrons. The van der Waals surface area contributed by atoms with E-state index in [-0.39, 0.29) is 0 Å². The summed E-state index contributed by atoms with van der Waals surface area (Å²) in [6, 6.07) is 0. The van der Waals surface area contributed by atoms with Crippen LogP contribution in [-0.2, 0) is 9.47 Å². The Hall–Kier alpha value is -1.03. The SMILES string of the molecule is C1CO1.C=COC(=O)O. The molecule has 4 heteroatoms. The molecule has 1 rings (SSSR count). The van der Waals surface area contributed by atoms with Crippen molar-refractivity contribution in [2.24, 2.45) is 0 Å². The minimum absolute atomic E-state index is 0.850.